The van der Waals surface area contributed by atoms with Crippen molar-refractivity contribution in [3.05, 3.63) is 29.6 Å². The first kappa shape index (κ1) is 16.4. The lowest BCUT2D eigenvalue weighted by Crippen LogP contribution is -2.36. The van der Waals surface area contributed by atoms with Gasteiger partial charge >= 0.3 is 0 Å². The monoisotopic (exact) mass is 314 g/mol. The van der Waals surface area contributed by atoms with Crippen molar-refractivity contribution < 1.29 is 12.8 Å². The van der Waals surface area contributed by atoms with Gasteiger partial charge in [0.2, 0.25) is 10.0 Å². The molecular formula is C15H23FN2O2S. The first-order valence-corrected chi connectivity index (χ1v) is 8.82. The van der Waals surface area contributed by atoms with Crippen molar-refractivity contribution in [3.63, 3.8) is 0 Å². The maximum absolute atomic E-state index is 14.1. The van der Waals surface area contributed by atoms with Gasteiger partial charge in [0.15, 0.2) is 0 Å². The van der Waals surface area contributed by atoms with Gasteiger partial charge in [-0.2, -0.15) is 0 Å². The molecule has 1 aromatic carbocycles. The summed E-state index contributed by atoms with van der Waals surface area (Å²) in [6.45, 7) is 6.16. The van der Waals surface area contributed by atoms with Crippen molar-refractivity contribution in [1.82, 2.24) is 10.0 Å². The summed E-state index contributed by atoms with van der Waals surface area (Å²) in [5.74, 6) is -0.557. The van der Waals surface area contributed by atoms with Gasteiger partial charge in [-0.25, -0.2) is 17.5 Å². The van der Waals surface area contributed by atoms with Crippen LogP contribution in [-0.4, -0.2) is 20.5 Å². The van der Waals surface area contributed by atoms with E-state index in [0.717, 1.165) is 18.4 Å². The number of halogens is 1. The van der Waals surface area contributed by atoms with Crippen LogP contribution in [0.3, 0.4) is 0 Å². The molecule has 1 atom stereocenters. The molecule has 0 aliphatic heterocycles. The largest absolute Gasteiger partial charge is 0.310 e. The first-order chi connectivity index (χ1) is 9.79. The third-order valence-corrected chi connectivity index (χ3v) is 5.39. The topological polar surface area (TPSA) is 58.2 Å². The number of benzene rings is 1. The number of rotatable bonds is 7. The maximum Gasteiger partial charge on any atom is 0.243 e. The number of hydrogen-bond acceptors (Lipinski definition) is 3. The Morgan fingerprint density at radius 1 is 1.29 bits per heavy atom. The second-order valence-corrected chi connectivity index (χ2v) is 7.76. The Morgan fingerprint density at radius 3 is 2.48 bits per heavy atom. The van der Waals surface area contributed by atoms with Crippen LogP contribution in [0.4, 0.5) is 4.39 Å². The SMILES string of the molecule is CC(C)C(C)NS(=O)(=O)c1ccc(CNC2CC2)cc1F. The third kappa shape index (κ3) is 4.49. The van der Waals surface area contributed by atoms with E-state index in [-0.39, 0.29) is 16.9 Å². The highest BCUT2D eigenvalue weighted by atomic mass is 32.2. The van der Waals surface area contributed by atoms with Crippen molar-refractivity contribution in [2.24, 2.45) is 5.92 Å². The van der Waals surface area contributed by atoms with E-state index >= 15 is 0 Å². The summed E-state index contributed by atoms with van der Waals surface area (Å²) in [6, 6.07) is 4.58. The van der Waals surface area contributed by atoms with Gasteiger partial charge in [-0.1, -0.05) is 19.9 Å². The predicted molar refractivity (Wildman–Crippen MR) is 80.9 cm³/mol. The average molecular weight is 314 g/mol. The van der Waals surface area contributed by atoms with Crippen LogP contribution in [0, 0.1) is 11.7 Å². The number of nitrogens with one attached hydrogen (secondary N) is 2. The minimum Gasteiger partial charge on any atom is -0.310 e. The molecule has 0 aromatic heterocycles. The predicted octanol–water partition coefficient (Wildman–Crippen LogP) is 2.40. The lowest BCUT2D eigenvalue weighted by molar-refractivity contribution is 0.473. The molecule has 0 heterocycles. The second kappa shape index (κ2) is 6.42. The molecule has 0 radical (unpaired) electrons. The van der Waals surface area contributed by atoms with Crippen LogP contribution in [0.5, 0.6) is 0 Å². The molecule has 2 rings (SSSR count). The van der Waals surface area contributed by atoms with Crippen molar-refractivity contribution in [1.29, 1.82) is 0 Å². The van der Waals surface area contributed by atoms with Gasteiger partial charge in [-0.15, -0.1) is 0 Å². The van der Waals surface area contributed by atoms with E-state index in [4.69, 9.17) is 0 Å². The molecule has 21 heavy (non-hydrogen) atoms. The minimum absolute atomic E-state index is 0.143. The van der Waals surface area contributed by atoms with Crippen molar-refractivity contribution in [2.75, 3.05) is 0 Å². The summed E-state index contributed by atoms with van der Waals surface area (Å²) >= 11 is 0. The fraction of sp³-hybridized carbons (Fsp3) is 0.600. The molecule has 1 aliphatic carbocycles. The van der Waals surface area contributed by atoms with Crippen LogP contribution in [0.1, 0.15) is 39.2 Å². The van der Waals surface area contributed by atoms with Gasteiger partial charge < -0.3 is 5.32 Å². The van der Waals surface area contributed by atoms with E-state index in [2.05, 4.69) is 10.0 Å². The van der Waals surface area contributed by atoms with E-state index in [1.54, 1.807) is 13.0 Å². The molecule has 1 fully saturated rings. The third-order valence-electron chi connectivity index (χ3n) is 3.80. The Hall–Kier alpha value is -0.980. The smallest absolute Gasteiger partial charge is 0.243 e. The van der Waals surface area contributed by atoms with E-state index in [1.165, 1.54) is 12.1 Å². The Kier molecular flexibility index (Phi) is 5.01. The summed E-state index contributed by atoms with van der Waals surface area (Å²) < 4.78 is 41.0. The van der Waals surface area contributed by atoms with Crippen molar-refractivity contribution in [3.8, 4) is 0 Å². The van der Waals surface area contributed by atoms with E-state index in [0.29, 0.717) is 12.6 Å². The zero-order chi connectivity index (χ0) is 15.6. The first-order valence-electron chi connectivity index (χ1n) is 7.33. The van der Waals surface area contributed by atoms with Crippen molar-refractivity contribution >= 4 is 10.0 Å². The van der Waals surface area contributed by atoms with Gasteiger partial charge in [-0.05, 0) is 43.4 Å². The lowest BCUT2D eigenvalue weighted by Gasteiger charge is -2.18. The molecule has 1 aromatic rings. The Balaban J connectivity index is 2.11. The van der Waals surface area contributed by atoms with Crippen LogP contribution >= 0.6 is 0 Å². The summed E-state index contributed by atoms with van der Waals surface area (Å²) in [5, 5.41) is 3.27. The van der Waals surface area contributed by atoms with Gasteiger partial charge in [-0.3, -0.25) is 0 Å². The molecule has 0 spiro atoms. The molecule has 0 saturated heterocycles. The standard InChI is InChI=1S/C15H23FN2O2S/c1-10(2)11(3)18-21(19,20)15-7-4-12(8-14(15)16)9-17-13-5-6-13/h4,7-8,10-11,13,17-18H,5-6,9H2,1-3H3. The van der Waals surface area contributed by atoms with E-state index in [9.17, 15) is 12.8 Å². The highest BCUT2D eigenvalue weighted by molar-refractivity contribution is 7.89. The molecule has 0 bridgehead atoms. The number of hydrogen-bond donors (Lipinski definition) is 2. The number of sulfonamides is 1. The molecule has 1 saturated carbocycles. The summed E-state index contributed by atoms with van der Waals surface area (Å²) in [6.07, 6.45) is 2.32. The average Bonchev–Trinajstić information content (AvgIpc) is 3.19. The minimum atomic E-state index is -3.82. The quantitative estimate of drug-likeness (QED) is 0.812. The Labute approximate surface area is 126 Å². The van der Waals surface area contributed by atoms with E-state index in [1.807, 2.05) is 13.8 Å². The molecule has 1 aliphatic rings. The molecule has 0 amide bonds. The van der Waals surface area contributed by atoms with Crippen molar-refractivity contribution in [2.45, 2.75) is 57.1 Å². The van der Waals surface area contributed by atoms with Crippen LogP contribution in [0.25, 0.3) is 0 Å². The van der Waals surface area contributed by atoms with Crippen LogP contribution in [0.15, 0.2) is 23.1 Å². The highest BCUT2D eigenvalue weighted by Crippen LogP contribution is 2.21. The Morgan fingerprint density at radius 2 is 1.95 bits per heavy atom. The molecule has 118 valence electrons. The fourth-order valence-corrected chi connectivity index (χ4v) is 3.32. The molecule has 1 unspecified atom stereocenters. The van der Waals surface area contributed by atoms with Gasteiger partial charge in [0.25, 0.3) is 0 Å². The normalized spacial score (nSPS) is 17.2. The van der Waals surface area contributed by atoms with Crippen LogP contribution in [0.2, 0.25) is 0 Å². The Bertz CT molecular complexity index is 598. The fourth-order valence-electron chi connectivity index (χ4n) is 1.87. The summed E-state index contributed by atoms with van der Waals surface area (Å²) in [4.78, 5) is -0.287. The van der Waals surface area contributed by atoms with Gasteiger partial charge in [0.05, 0.1) is 0 Å². The zero-order valence-corrected chi connectivity index (χ0v) is 13.5. The van der Waals surface area contributed by atoms with Gasteiger partial charge in [0, 0.05) is 18.6 Å². The summed E-state index contributed by atoms with van der Waals surface area (Å²) in [5.41, 5.74) is 0.759. The molecule has 2 N–H and O–H groups in total. The molecule has 6 heteroatoms. The maximum atomic E-state index is 14.1. The lowest BCUT2D eigenvalue weighted by atomic mass is 10.1. The second-order valence-electron chi connectivity index (χ2n) is 6.07. The van der Waals surface area contributed by atoms with Crippen LogP contribution < -0.4 is 10.0 Å². The van der Waals surface area contributed by atoms with E-state index < -0.39 is 15.8 Å². The van der Waals surface area contributed by atoms with Gasteiger partial charge in [0.1, 0.15) is 10.7 Å². The van der Waals surface area contributed by atoms with Crippen LogP contribution in [-0.2, 0) is 16.6 Å². The highest BCUT2D eigenvalue weighted by Gasteiger charge is 2.23. The zero-order valence-electron chi connectivity index (χ0n) is 12.7. The molecule has 4 nitrogen and oxygen atoms in total. The molecular weight excluding hydrogens is 291 g/mol. The summed E-state index contributed by atoms with van der Waals surface area (Å²) in [7, 11) is -3.82.